The molecule has 0 radical (unpaired) electrons. The number of hydrogen-bond donors (Lipinski definition) is 0. The van der Waals surface area contributed by atoms with Crippen molar-refractivity contribution in [3.8, 4) is 0 Å². The number of aryl methyl sites for hydroxylation is 4. The van der Waals surface area contributed by atoms with Gasteiger partial charge < -0.3 is 39.2 Å². The van der Waals surface area contributed by atoms with Gasteiger partial charge in [-0.25, -0.2) is 43.3 Å². The lowest BCUT2D eigenvalue weighted by molar-refractivity contribution is -0.140. The fourth-order valence-corrected chi connectivity index (χ4v) is 23.4. The SMILES string of the molecule is Cc1cc(N2CCN(C(=O)C3CN(S(=O)(=O)c4cccc5cnccc45)C3)CC2)cc(C)n1.Cc1ccc(N2CCN(C(=O)C3CN(S(=O)(=O)c4cccc5nonc45)C3)CC2)nc1.Cc1ccccc1N1CCN(C(=O)C2CN(S(=O)(=O)c3cccc4cnccc34)C2)CC1.O=C(C1CN(S(=O)(=O)c2cccnc2)C1)N1CCN(c2ccccc2)CC1. The molecule has 11 aromatic rings. The summed E-state index contributed by atoms with van der Waals surface area (Å²) in [6.45, 7) is 21.0. The molecular formula is C87H97N19O13S4. The second-order valence-electron chi connectivity index (χ2n) is 32.0. The Hall–Kier alpha value is -11.5. The summed E-state index contributed by atoms with van der Waals surface area (Å²) in [6.07, 6.45) is 11.2. The van der Waals surface area contributed by atoms with Crippen molar-refractivity contribution in [1.82, 2.24) is 72.1 Å². The van der Waals surface area contributed by atoms with Gasteiger partial charge in [-0.1, -0.05) is 72.8 Å². The van der Waals surface area contributed by atoms with Gasteiger partial charge in [-0.2, -0.15) is 17.2 Å². The molecule has 123 heavy (non-hydrogen) atoms. The largest absolute Gasteiger partial charge is 0.368 e. The quantitative estimate of drug-likeness (QED) is 0.0973. The van der Waals surface area contributed by atoms with E-state index < -0.39 is 40.1 Å². The van der Waals surface area contributed by atoms with E-state index in [1.54, 1.807) is 79.4 Å². The van der Waals surface area contributed by atoms with Gasteiger partial charge in [-0.3, -0.25) is 39.1 Å². The number of fused-ring (bicyclic) bond motifs is 3. The van der Waals surface area contributed by atoms with Crippen LogP contribution in [0.3, 0.4) is 0 Å². The number of pyridine rings is 5. The van der Waals surface area contributed by atoms with Gasteiger partial charge in [0.2, 0.25) is 63.7 Å². The molecule has 0 unspecified atom stereocenters. The molecule has 8 fully saturated rings. The van der Waals surface area contributed by atoms with Crippen LogP contribution in [-0.2, 0) is 59.3 Å². The third-order valence-electron chi connectivity index (χ3n) is 24.0. The number of carbonyl (C=O) groups is 4. The number of benzene rings is 5. The van der Waals surface area contributed by atoms with Crippen molar-refractivity contribution in [3.05, 3.63) is 224 Å². The zero-order valence-electron chi connectivity index (χ0n) is 68.8. The summed E-state index contributed by atoms with van der Waals surface area (Å²) in [5.74, 6) is -0.0546. The van der Waals surface area contributed by atoms with Crippen LogP contribution in [0.5, 0.6) is 0 Å². The van der Waals surface area contributed by atoms with Crippen molar-refractivity contribution in [1.29, 1.82) is 0 Å². The Bertz CT molecular complexity index is 6140. The van der Waals surface area contributed by atoms with Crippen LogP contribution in [0.25, 0.3) is 32.6 Å². The zero-order chi connectivity index (χ0) is 85.9. The van der Waals surface area contributed by atoms with E-state index in [0.717, 1.165) is 78.5 Å². The van der Waals surface area contributed by atoms with E-state index in [9.17, 15) is 52.8 Å². The minimum absolute atomic E-state index is 0.00396. The van der Waals surface area contributed by atoms with Crippen LogP contribution in [0, 0.1) is 51.4 Å². The molecular weight excluding hydrogens is 1650 g/mol. The van der Waals surface area contributed by atoms with Crippen molar-refractivity contribution in [2.24, 2.45) is 23.7 Å². The average molecular weight is 1750 g/mol. The van der Waals surface area contributed by atoms with Gasteiger partial charge in [-0.05, 0) is 134 Å². The lowest BCUT2D eigenvalue weighted by Crippen LogP contribution is -2.59. The van der Waals surface area contributed by atoms with Crippen LogP contribution in [0.2, 0.25) is 0 Å². The molecule has 36 heteroatoms. The van der Waals surface area contributed by atoms with Gasteiger partial charge in [0.05, 0.1) is 33.5 Å². The Labute approximate surface area is 715 Å². The fourth-order valence-electron chi connectivity index (χ4n) is 16.8. The highest BCUT2D eigenvalue weighted by Crippen LogP contribution is 2.36. The van der Waals surface area contributed by atoms with Crippen LogP contribution >= 0.6 is 0 Å². The maximum absolute atomic E-state index is 13.2. The summed E-state index contributed by atoms with van der Waals surface area (Å²) < 4.78 is 114. The number of nitrogens with zero attached hydrogens (tertiary/aromatic N) is 19. The molecule has 19 rings (SSSR count). The third kappa shape index (κ3) is 18.2. The Balaban J connectivity index is 0.000000122. The summed E-state index contributed by atoms with van der Waals surface area (Å²) in [5.41, 5.74) is 8.43. The topological polar surface area (TPSA) is 347 Å². The van der Waals surface area contributed by atoms with Crippen molar-refractivity contribution in [3.63, 3.8) is 0 Å². The highest BCUT2D eigenvalue weighted by atomic mass is 32.2. The number of hydrogen-bond acceptors (Lipinski definition) is 24. The van der Waals surface area contributed by atoms with Crippen molar-refractivity contribution in [2.45, 2.75) is 47.3 Å². The van der Waals surface area contributed by atoms with E-state index in [0.29, 0.717) is 81.7 Å². The molecule has 0 N–H and O–H groups in total. The minimum atomic E-state index is -3.76. The summed E-state index contributed by atoms with van der Waals surface area (Å²) in [7, 11) is -14.6. The third-order valence-corrected chi connectivity index (χ3v) is 31.5. The van der Waals surface area contributed by atoms with E-state index in [4.69, 9.17) is 0 Å². The van der Waals surface area contributed by atoms with Crippen molar-refractivity contribution in [2.75, 3.05) is 177 Å². The summed E-state index contributed by atoms with van der Waals surface area (Å²) >= 11 is 0. The highest BCUT2D eigenvalue weighted by molar-refractivity contribution is 7.90. The second kappa shape index (κ2) is 36.1. The monoisotopic (exact) mass is 1740 g/mol. The Kier molecular flexibility index (Phi) is 25.0. The molecule has 0 atom stereocenters. The smallest absolute Gasteiger partial charge is 0.245 e. The van der Waals surface area contributed by atoms with Crippen LogP contribution in [0.1, 0.15) is 22.5 Å². The van der Waals surface area contributed by atoms with Crippen LogP contribution in [0.15, 0.2) is 225 Å². The highest BCUT2D eigenvalue weighted by Gasteiger charge is 2.48. The predicted octanol–water partition coefficient (Wildman–Crippen LogP) is 6.67. The summed E-state index contributed by atoms with van der Waals surface area (Å²) in [6, 6.07) is 48.3. The van der Waals surface area contributed by atoms with Crippen LogP contribution < -0.4 is 19.6 Å². The number of sulfonamides is 4. The van der Waals surface area contributed by atoms with E-state index in [1.807, 2.05) is 101 Å². The predicted molar refractivity (Wildman–Crippen MR) is 464 cm³/mol. The van der Waals surface area contributed by atoms with E-state index in [2.05, 4.69) is 103 Å². The second-order valence-corrected chi connectivity index (χ2v) is 39.7. The number of para-hydroxylation sites is 2. The van der Waals surface area contributed by atoms with Gasteiger partial charge >= 0.3 is 0 Å². The molecule has 4 amide bonds. The number of rotatable bonds is 16. The van der Waals surface area contributed by atoms with Crippen molar-refractivity contribution < 1.29 is 57.5 Å². The molecule has 8 aliphatic rings. The van der Waals surface area contributed by atoms with Gasteiger partial charge in [0.15, 0.2) is 5.52 Å². The first-order valence-corrected chi connectivity index (χ1v) is 46.9. The van der Waals surface area contributed by atoms with Gasteiger partial charge in [0, 0.05) is 250 Å². The van der Waals surface area contributed by atoms with E-state index in [1.165, 1.54) is 58.7 Å². The molecule has 0 bridgehead atoms. The average Bonchev–Trinajstić information content (AvgIpc) is 1.75. The molecule has 8 aliphatic heterocycles. The molecule has 0 saturated carbocycles. The minimum Gasteiger partial charge on any atom is -0.368 e. The standard InChI is InChI=1S/C24H27N5O3S.C24H26N4O3S.C20H22N6O4S.C19H22N4O3S/c1-17-12-21(13-18(2)26-17)27-8-10-28(11-9-27)24(30)20-15-29(16-20)33(31,32)23-5-3-4-19-14-25-7-6-22(19)23;1-18-5-2-3-7-22(18)26-11-13-27(14-12-26)24(29)20-16-28(17-20)32(30,31)23-8-4-6-19-15-25-10-9-21(19)23;1-14-5-6-18(21-11-14)24-7-9-25(10-8-24)20(27)15-12-26(13-15)31(28,29)17-4-2-3-16-19(17)23-30-22-16;24-19(22-11-9-21(10-12-22)17-5-2-1-3-6-17)16-14-23(15-16)27(25,26)18-7-4-8-20-13-18/h3-7,12-14,20H,8-11,15-16H2,1-2H3;2-10,15,20H,11-14,16-17H2,1H3;2-6,11,15H,7-10,12-13H2,1H3;1-8,13,16H,9-12,14-15H2. The lowest BCUT2D eigenvalue weighted by atomic mass is 10.0. The van der Waals surface area contributed by atoms with Crippen LogP contribution in [0.4, 0.5) is 22.9 Å². The summed E-state index contributed by atoms with van der Waals surface area (Å²) in [4.78, 5) is 89.7. The fraction of sp³-hybridized carbons (Fsp3) is 0.368. The summed E-state index contributed by atoms with van der Waals surface area (Å²) in [5, 5.41) is 10.3. The van der Waals surface area contributed by atoms with E-state index in [-0.39, 0.29) is 125 Å². The molecule has 642 valence electrons. The number of piperazine rings is 4. The zero-order valence-corrected chi connectivity index (χ0v) is 72.0. The number of carbonyl (C=O) groups excluding carboxylic acids is 4. The molecule has 14 heterocycles. The molecule has 0 aliphatic carbocycles. The van der Waals surface area contributed by atoms with Crippen molar-refractivity contribution >= 4 is 119 Å². The van der Waals surface area contributed by atoms with Gasteiger partial charge in [0.25, 0.3) is 0 Å². The normalized spacial score (nSPS) is 18.3. The lowest BCUT2D eigenvalue weighted by Gasteiger charge is -2.42. The Morgan fingerprint density at radius 1 is 0.358 bits per heavy atom. The number of anilines is 4. The number of amides is 4. The molecule has 5 aromatic carbocycles. The van der Waals surface area contributed by atoms with Crippen LogP contribution in [-0.4, -0.2) is 286 Å². The molecule has 0 spiro atoms. The first-order chi connectivity index (χ1) is 59.3. The maximum Gasteiger partial charge on any atom is 0.245 e. The molecule has 8 saturated heterocycles. The first-order valence-electron chi connectivity index (χ1n) is 41.2. The molecule has 32 nitrogen and oxygen atoms in total. The molecule has 6 aromatic heterocycles. The number of aromatic nitrogens is 7. The maximum atomic E-state index is 13.2. The van der Waals surface area contributed by atoms with E-state index >= 15 is 0 Å². The Morgan fingerprint density at radius 2 is 0.780 bits per heavy atom. The first kappa shape index (κ1) is 85.1. The Morgan fingerprint density at radius 3 is 1.24 bits per heavy atom. The van der Waals surface area contributed by atoms with Gasteiger partial charge in [-0.15, -0.1) is 0 Å². The van der Waals surface area contributed by atoms with Gasteiger partial charge in [0.1, 0.15) is 21.1 Å².